The van der Waals surface area contributed by atoms with Gasteiger partial charge in [0, 0.05) is 23.8 Å². The standard InChI is InChI=1S/C40H33N/c1-40(2)38-15-8-7-14-36(38)37-25-24-35(27-39(37)40)41(3)34-13-9-12-33(26-34)32-22-20-31(21-23-32)30-18-16-29(17-19-30)28-10-5-4-6-11-28/h4-27H,1-3H3. The lowest BCUT2D eigenvalue weighted by Crippen LogP contribution is -2.16. The summed E-state index contributed by atoms with van der Waals surface area (Å²) in [6.45, 7) is 4.67. The summed E-state index contributed by atoms with van der Waals surface area (Å²) >= 11 is 0. The Morgan fingerprint density at radius 3 is 1.54 bits per heavy atom. The maximum atomic E-state index is 2.37. The predicted octanol–water partition coefficient (Wildman–Crippen LogP) is 10.8. The molecule has 0 atom stereocenters. The largest absolute Gasteiger partial charge is 0.345 e. The molecule has 0 heterocycles. The highest BCUT2D eigenvalue weighted by atomic mass is 15.1. The van der Waals surface area contributed by atoms with Crippen molar-refractivity contribution in [1.82, 2.24) is 0 Å². The molecular formula is C40H33N. The van der Waals surface area contributed by atoms with Crippen molar-refractivity contribution in [2.24, 2.45) is 0 Å². The molecule has 198 valence electrons. The fourth-order valence-corrected chi connectivity index (χ4v) is 6.28. The van der Waals surface area contributed by atoms with Crippen LogP contribution in [0.25, 0.3) is 44.5 Å². The second kappa shape index (κ2) is 9.94. The molecule has 1 aliphatic carbocycles. The average Bonchev–Trinajstić information content (AvgIpc) is 3.27. The van der Waals surface area contributed by atoms with Gasteiger partial charge in [-0.05, 0) is 79.9 Å². The predicted molar refractivity (Wildman–Crippen MR) is 175 cm³/mol. The Kier molecular flexibility index (Phi) is 6.09. The summed E-state index contributed by atoms with van der Waals surface area (Å²) in [5.74, 6) is 0. The summed E-state index contributed by atoms with van der Waals surface area (Å²) in [7, 11) is 2.16. The average molecular weight is 528 g/mol. The summed E-state index contributed by atoms with van der Waals surface area (Å²) in [5, 5.41) is 0. The Hall–Kier alpha value is -4.88. The molecule has 6 aromatic rings. The van der Waals surface area contributed by atoms with Crippen LogP contribution in [0.15, 0.2) is 146 Å². The van der Waals surface area contributed by atoms with Gasteiger partial charge in [0.05, 0.1) is 0 Å². The lowest BCUT2D eigenvalue weighted by Gasteiger charge is -2.25. The second-order valence-corrected chi connectivity index (χ2v) is 11.5. The number of hydrogen-bond donors (Lipinski definition) is 0. The van der Waals surface area contributed by atoms with Crippen molar-refractivity contribution in [1.29, 1.82) is 0 Å². The van der Waals surface area contributed by atoms with Crippen LogP contribution in [0.3, 0.4) is 0 Å². The van der Waals surface area contributed by atoms with Crippen molar-refractivity contribution < 1.29 is 0 Å². The minimum absolute atomic E-state index is 0.00572. The van der Waals surface area contributed by atoms with Crippen LogP contribution in [-0.4, -0.2) is 7.05 Å². The fourth-order valence-electron chi connectivity index (χ4n) is 6.28. The normalized spacial score (nSPS) is 13.0. The van der Waals surface area contributed by atoms with Crippen LogP contribution in [0.2, 0.25) is 0 Å². The third-order valence-electron chi connectivity index (χ3n) is 8.73. The summed E-state index contributed by atoms with van der Waals surface area (Å²) in [5.41, 5.74) is 15.3. The van der Waals surface area contributed by atoms with E-state index in [-0.39, 0.29) is 5.41 Å². The quantitative estimate of drug-likeness (QED) is 0.215. The van der Waals surface area contributed by atoms with Crippen molar-refractivity contribution >= 4 is 11.4 Å². The number of rotatable bonds is 5. The third-order valence-corrected chi connectivity index (χ3v) is 8.73. The van der Waals surface area contributed by atoms with Gasteiger partial charge in [-0.1, -0.05) is 135 Å². The van der Waals surface area contributed by atoms with Gasteiger partial charge in [-0.15, -0.1) is 0 Å². The van der Waals surface area contributed by atoms with E-state index in [1.165, 1.54) is 67.0 Å². The number of hydrogen-bond acceptors (Lipinski definition) is 1. The molecule has 0 aliphatic heterocycles. The summed E-state index contributed by atoms with van der Waals surface area (Å²) in [6, 6.07) is 52.8. The minimum Gasteiger partial charge on any atom is -0.345 e. The van der Waals surface area contributed by atoms with E-state index in [0.29, 0.717) is 0 Å². The minimum atomic E-state index is -0.00572. The van der Waals surface area contributed by atoms with E-state index in [2.05, 4.69) is 171 Å². The molecule has 0 spiro atoms. The van der Waals surface area contributed by atoms with E-state index in [9.17, 15) is 0 Å². The van der Waals surface area contributed by atoms with Crippen LogP contribution in [0.5, 0.6) is 0 Å². The number of fused-ring (bicyclic) bond motifs is 3. The molecule has 41 heavy (non-hydrogen) atoms. The molecule has 0 aromatic heterocycles. The first-order valence-electron chi connectivity index (χ1n) is 14.3. The van der Waals surface area contributed by atoms with Crippen molar-refractivity contribution in [3.05, 3.63) is 157 Å². The zero-order valence-electron chi connectivity index (χ0n) is 23.8. The molecule has 0 saturated heterocycles. The Labute approximate surface area is 243 Å². The van der Waals surface area contributed by atoms with E-state index in [1.54, 1.807) is 0 Å². The van der Waals surface area contributed by atoms with Crippen LogP contribution >= 0.6 is 0 Å². The molecule has 1 heteroatoms. The molecule has 1 aliphatic rings. The molecule has 7 rings (SSSR count). The zero-order chi connectivity index (χ0) is 28.0. The second-order valence-electron chi connectivity index (χ2n) is 11.5. The van der Waals surface area contributed by atoms with Crippen LogP contribution in [0.1, 0.15) is 25.0 Å². The highest BCUT2D eigenvalue weighted by Crippen LogP contribution is 2.49. The first-order valence-corrected chi connectivity index (χ1v) is 14.3. The van der Waals surface area contributed by atoms with E-state index in [0.717, 1.165) is 0 Å². The Bertz CT molecular complexity index is 1840. The molecule has 0 fully saturated rings. The molecule has 0 saturated carbocycles. The first kappa shape index (κ1) is 25.1. The fraction of sp³-hybridized carbons (Fsp3) is 0.100. The van der Waals surface area contributed by atoms with Crippen LogP contribution in [-0.2, 0) is 5.41 Å². The van der Waals surface area contributed by atoms with E-state index >= 15 is 0 Å². The number of anilines is 2. The first-order chi connectivity index (χ1) is 20.0. The molecule has 1 nitrogen and oxygen atoms in total. The SMILES string of the molecule is CN(c1cccc(-c2ccc(-c3ccc(-c4ccccc4)cc3)cc2)c1)c1ccc2c(c1)C(C)(C)c1ccccc1-2. The van der Waals surface area contributed by atoms with E-state index < -0.39 is 0 Å². The van der Waals surface area contributed by atoms with Crippen molar-refractivity contribution in [3.63, 3.8) is 0 Å². The van der Waals surface area contributed by atoms with Gasteiger partial charge in [0.2, 0.25) is 0 Å². The number of nitrogens with zero attached hydrogens (tertiary/aromatic N) is 1. The molecule has 0 amide bonds. The van der Waals surface area contributed by atoms with Gasteiger partial charge < -0.3 is 4.90 Å². The molecule has 0 radical (unpaired) electrons. The van der Waals surface area contributed by atoms with Gasteiger partial charge in [0.1, 0.15) is 0 Å². The third kappa shape index (κ3) is 4.44. The topological polar surface area (TPSA) is 3.24 Å². The van der Waals surface area contributed by atoms with Gasteiger partial charge in [-0.3, -0.25) is 0 Å². The van der Waals surface area contributed by atoms with Crippen LogP contribution < -0.4 is 4.90 Å². The van der Waals surface area contributed by atoms with Crippen molar-refractivity contribution in [2.75, 3.05) is 11.9 Å². The zero-order valence-corrected chi connectivity index (χ0v) is 23.8. The van der Waals surface area contributed by atoms with E-state index in [4.69, 9.17) is 0 Å². The summed E-state index contributed by atoms with van der Waals surface area (Å²) < 4.78 is 0. The molecule has 0 unspecified atom stereocenters. The Morgan fingerprint density at radius 1 is 0.390 bits per heavy atom. The van der Waals surface area contributed by atoms with E-state index in [1.807, 2.05) is 0 Å². The van der Waals surface area contributed by atoms with Gasteiger partial charge >= 0.3 is 0 Å². The summed E-state index contributed by atoms with van der Waals surface area (Å²) in [4.78, 5) is 2.30. The Balaban J connectivity index is 1.13. The summed E-state index contributed by atoms with van der Waals surface area (Å²) in [6.07, 6.45) is 0. The lowest BCUT2D eigenvalue weighted by molar-refractivity contribution is 0.660. The lowest BCUT2D eigenvalue weighted by atomic mass is 9.82. The number of benzene rings is 6. The Morgan fingerprint density at radius 2 is 0.878 bits per heavy atom. The maximum Gasteiger partial charge on any atom is 0.0414 e. The smallest absolute Gasteiger partial charge is 0.0414 e. The highest BCUT2D eigenvalue weighted by Gasteiger charge is 2.35. The van der Waals surface area contributed by atoms with Crippen molar-refractivity contribution in [2.45, 2.75) is 19.3 Å². The molecule has 6 aromatic carbocycles. The monoisotopic (exact) mass is 527 g/mol. The molecular weight excluding hydrogens is 494 g/mol. The van der Waals surface area contributed by atoms with Gasteiger partial charge in [-0.25, -0.2) is 0 Å². The van der Waals surface area contributed by atoms with Crippen molar-refractivity contribution in [3.8, 4) is 44.5 Å². The molecule has 0 N–H and O–H groups in total. The van der Waals surface area contributed by atoms with Gasteiger partial charge in [-0.2, -0.15) is 0 Å². The highest BCUT2D eigenvalue weighted by molar-refractivity contribution is 5.83. The van der Waals surface area contributed by atoms with Crippen LogP contribution in [0, 0.1) is 0 Å². The van der Waals surface area contributed by atoms with Gasteiger partial charge in [0.15, 0.2) is 0 Å². The van der Waals surface area contributed by atoms with Crippen LogP contribution in [0.4, 0.5) is 11.4 Å². The molecule has 0 bridgehead atoms. The van der Waals surface area contributed by atoms with Gasteiger partial charge in [0.25, 0.3) is 0 Å². The maximum absolute atomic E-state index is 2.37.